The number of carbonyl (C=O) groups is 2. The highest BCUT2D eigenvalue weighted by atomic mass is 35.5. The average molecular weight is 322 g/mol. The van der Waals surface area contributed by atoms with E-state index in [1.54, 1.807) is 24.3 Å². The van der Waals surface area contributed by atoms with Gasteiger partial charge in [-0.15, -0.1) is 0 Å². The second-order valence-corrected chi connectivity index (χ2v) is 4.87. The number of rotatable bonds is 4. The van der Waals surface area contributed by atoms with Gasteiger partial charge >= 0.3 is 6.03 Å². The fourth-order valence-corrected chi connectivity index (χ4v) is 2.08. The highest BCUT2D eigenvalue weighted by Gasteiger charge is 2.15. The van der Waals surface area contributed by atoms with Crippen LogP contribution in [0.15, 0.2) is 42.5 Å². The molecule has 0 bridgehead atoms. The number of primary amides is 1. The van der Waals surface area contributed by atoms with Gasteiger partial charge in [0, 0.05) is 12.2 Å². The zero-order valence-corrected chi connectivity index (χ0v) is 12.2. The Morgan fingerprint density at radius 2 is 1.82 bits per heavy atom. The van der Waals surface area contributed by atoms with E-state index in [2.05, 4.69) is 10.6 Å². The van der Waals surface area contributed by atoms with E-state index in [4.69, 9.17) is 17.3 Å². The minimum atomic E-state index is -0.675. The van der Waals surface area contributed by atoms with Gasteiger partial charge in [0.05, 0.1) is 10.6 Å². The van der Waals surface area contributed by atoms with Gasteiger partial charge in [0.2, 0.25) is 0 Å². The van der Waals surface area contributed by atoms with Crippen molar-refractivity contribution in [3.63, 3.8) is 0 Å². The fourth-order valence-electron chi connectivity index (χ4n) is 1.83. The molecule has 0 aliphatic carbocycles. The first kappa shape index (κ1) is 15.8. The zero-order valence-electron chi connectivity index (χ0n) is 11.4. The number of anilines is 1. The quantitative estimate of drug-likeness (QED) is 0.809. The summed E-state index contributed by atoms with van der Waals surface area (Å²) in [5.74, 6) is -1.27. The molecule has 114 valence electrons. The first-order valence-corrected chi connectivity index (χ1v) is 6.73. The van der Waals surface area contributed by atoms with E-state index in [0.717, 1.165) is 5.56 Å². The van der Waals surface area contributed by atoms with Gasteiger partial charge in [-0.05, 0) is 29.8 Å². The Kier molecular flexibility index (Phi) is 4.95. The van der Waals surface area contributed by atoms with Crippen molar-refractivity contribution >= 4 is 29.2 Å². The maximum Gasteiger partial charge on any atom is 0.316 e. The van der Waals surface area contributed by atoms with Crippen LogP contribution in [-0.4, -0.2) is 11.9 Å². The molecule has 0 aromatic heterocycles. The van der Waals surface area contributed by atoms with Crippen molar-refractivity contribution in [1.82, 2.24) is 5.32 Å². The largest absolute Gasteiger partial charge is 0.351 e. The number of carbonyl (C=O) groups excluding carboxylic acids is 2. The minimum absolute atomic E-state index is 0.0542. The molecule has 22 heavy (non-hydrogen) atoms. The first-order valence-electron chi connectivity index (χ1n) is 6.35. The molecular weight excluding hydrogens is 309 g/mol. The van der Waals surface area contributed by atoms with Gasteiger partial charge < -0.3 is 16.4 Å². The lowest BCUT2D eigenvalue weighted by atomic mass is 10.1. The van der Waals surface area contributed by atoms with E-state index in [-0.39, 0.29) is 17.1 Å². The van der Waals surface area contributed by atoms with Crippen molar-refractivity contribution in [3.8, 4) is 0 Å². The molecule has 0 fully saturated rings. The van der Waals surface area contributed by atoms with Crippen LogP contribution in [0, 0.1) is 5.82 Å². The summed E-state index contributed by atoms with van der Waals surface area (Å²) in [4.78, 5) is 22.7. The van der Waals surface area contributed by atoms with Gasteiger partial charge in [0.25, 0.3) is 5.91 Å². The molecule has 2 aromatic rings. The summed E-state index contributed by atoms with van der Waals surface area (Å²) in [5, 5.41) is 5.06. The summed E-state index contributed by atoms with van der Waals surface area (Å²) in [7, 11) is 0. The number of hydrogen-bond donors (Lipinski definition) is 3. The van der Waals surface area contributed by atoms with Crippen LogP contribution in [0.2, 0.25) is 5.02 Å². The fraction of sp³-hybridized carbons (Fsp3) is 0.0667. The topological polar surface area (TPSA) is 84.2 Å². The molecular formula is C15H13ClFN3O2. The van der Waals surface area contributed by atoms with Crippen molar-refractivity contribution in [2.75, 3.05) is 5.32 Å². The van der Waals surface area contributed by atoms with Crippen LogP contribution >= 0.6 is 11.6 Å². The van der Waals surface area contributed by atoms with Crippen LogP contribution in [0.1, 0.15) is 15.9 Å². The Morgan fingerprint density at radius 1 is 1.14 bits per heavy atom. The molecule has 0 unspecified atom stereocenters. The average Bonchev–Trinajstić information content (AvgIpc) is 2.46. The molecule has 4 N–H and O–H groups in total. The Bertz CT molecular complexity index is 684. The van der Waals surface area contributed by atoms with Crippen molar-refractivity contribution in [3.05, 3.63) is 64.4 Å². The number of amides is 3. The van der Waals surface area contributed by atoms with Gasteiger partial charge in [-0.1, -0.05) is 29.8 Å². The molecule has 7 heteroatoms. The monoisotopic (exact) mass is 321 g/mol. The van der Waals surface area contributed by atoms with E-state index < -0.39 is 17.8 Å². The Hall–Kier alpha value is -2.60. The van der Waals surface area contributed by atoms with Crippen LogP contribution in [0.5, 0.6) is 0 Å². The summed E-state index contributed by atoms with van der Waals surface area (Å²) >= 11 is 5.82. The number of nitrogens with one attached hydrogen (secondary N) is 2. The molecule has 0 aliphatic heterocycles. The SMILES string of the molecule is NC(=O)Nc1ccc(CNC(=O)c2c(F)cccc2Cl)cc1. The molecule has 2 rings (SSSR count). The smallest absolute Gasteiger partial charge is 0.316 e. The van der Waals surface area contributed by atoms with E-state index in [1.807, 2.05) is 0 Å². The van der Waals surface area contributed by atoms with Crippen molar-refractivity contribution in [2.24, 2.45) is 5.73 Å². The highest BCUT2D eigenvalue weighted by molar-refractivity contribution is 6.33. The molecule has 0 saturated heterocycles. The third-order valence-electron chi connectivity index (χ3n) is 2.86. The number of urea groups is 1. The third-order valence-corrected chi connectivity index (χ3v) is 3.18. The Balaban J connectivity index is 2.01. The molecule has 0 heterocycles. The van der Waals surface area contributed by atoms with Crippen LogP contribution in [0.25, 0.3) is 0 Å². The van der Waals surface area contributed by atoms with Gasteiger partial charge in [-0.2, -0.15) is 0 Å². The predicted octanol–water partition coefficient (Wildman–Crippen LogP) is 2.90. The van der Waals surface area contributed by atoms with Crippen molar-refractivity contribution in [1.29, 1.82) is 0 Å². The molecule has 2 aromatic carbocycles. The maximum atomic E-state index is 13.6. The number of halogens is 2. The van der Waals surface area contributed by atoms with Gasteiger partial charge in [-0.3, -0.25) is 4.79 Å². The molecule has 0 aliphatic rings. The van der Waals surface area contributed by atoms with Crippen molar-refractivity contribution < 1.29 is 14.0 Å². The van der Waals surface area contributed by atoms with E-state index in [0.29, 0.717) is 5.69 Å². The van der Waals surface area contributed by atoms with Crippen LogP contribution in [-0.2, 0) is 6.54 Å². The molecule has 5 nitrogen and oxygen atoms in total. The summed E-state index contributed by atoms with van der Waals surface area (Å²) in [6, 6.07) is 10.1. The van der Waals surface area contributed by atoms with Gasteiger partial charge in [-0.25, -0.2) is 9.18 Å². The molecule has 0 saturated carbocycles. The lowest BCUT2D eigenvalue weighted by Crippen LogP contribution is -2.24. The van der Waals surface area contributed by atoms with Crippen LogP contribution in [0.3, 0.4) is 0 Å². The normalized spacial score (nSPS) is 10.1. The number of nitrogens with two attached hydrogens (primary N) is 1. The number of hydrogen-bond acceptors (Lipinski definition) is 2. The van der Waals surface area contributed by atoms with Crippen LogP contribution in [0.4, 0.5) is 14.9 Å². The maximum absolute atomic E-state index is 13.6. The second-order valence-electron chi connectivity index (χ2n) is 4.47. The molecule has 0 radical (unpaired) electrons. The Labute approximate surface area is 131 Å². The lowest BCUT2D eigenvalue weighted by molar-refractivity contribution is 0.0947. The zero-order chi connectivity index (χ0) is 16.1. The van der Waals surface area contributed by atoms with Gasteiger partial charge in [0.1, 0.15) is 5.82 Å². The van der Waals surface area contributed by atoms with E-state index in [1.165, 1.54) is 18.2 Å². The second kappa shape index (κ2) is 6.91. The Morgan fingerprint density at radius 3 is 2.41 bits per heavy atom. The highest BCUT2D eigenvalue weighted by Crippen LogP contribution is 2.19. The van der Waals surface area contributed by atoms with Crippen LogP contribution < -0.4 is 16.4 Å². The van der Waals surface area contributed by atoms with E-state index >= 15 is 0 Å². The molecule has 0 spiro atoms. The summed E-state index contributed by atoms with van der Waals surface area (Å²) in [6.07, 6.45) is 0. The first-order chi connectivity index (χ1) is 10.5. The van der Waals surface area contributed by atoms with Crippen molar-refractivity contribution in [2.45, 2.75) is 6.54 Å². The number of benzene rings is 2. The summed E-state index contributed by atoms with van der Waals surface area (Å²) < 4.78 is 13.6. The lowest BCUT2D eigenvalue weighted by Gasteiger charge is -2.08. The summed E-state index contributed by atoms with van der Waals surface area (Å²) in [5.41, 5.74) is 6.13. The third kappa shape index (κ3) is 3.95. The summed E-state index contributed by atoms with van der Waals surface area (Å²) in [6.45, 7) is 0.195. The minimum Gasteiger partial charge on any atom is -0.351 e. The molecule has 3 amide bonds. The molecule has 0 atom stereocenters. The standard InChI is InChI=1S/C15H13ClFN3O2/c16-11-2-1-3-12(17)13(11)14(21)19-8-9-4-6-10(7-5-9)20-15(18)22/h1-7H,8H2,(H,19,21)(H3,18,20,22). The predicted molar refractivity (Wildman–Crippen MR) is 82.2 cm³/mol. The van der Waals surface area contributed by atoms with Gasteiger partial charge in [0.15, 0.2) is 0 Å². The van der Waals surface area contributed by atoms with E-state index in [9.17, 15) is 14.0 Å².